The molecule has 47 heteroatoms. The lowest BCUT2D eigenvalue weighted by atomic mass is 10.00. The Morgan fingerprint density at radius 1 is 0.356 bits per heavy atom. The minimum atomic E-state index is -3.15. The first kappa shape index (κ1) is 109. The van der Waals surface area contributed by atoms with E-state index in [2.05, 4.69) is 174 Å². The fourth-order valence-electron chi connectivity index (χ4n) is 18.8. The van der Waals surface area contributed by atoms with Gasteiger partial charge < -0.3 is 78.3 Å². The van der Waals surface area contributed by atoms with Crippen LogP contribution in [0.1, 0.15) is 146 Å². The largest absolute Gasteiger partial charge is 0.491 e. The highest BCUT2D eigenvalue weighted by Gasteiger charge is 2.34. The Labute approximate surface area is 904 Å². The highest BCUT2D eigenvalue weighted by atomic mass is 32.2. The van der Waals surface area contributed by atoms with Gasteiger partial charge in [0.1, 0.15) is 74.5 Å². The fourth-order valence-corrected chi connectivity index (χ4v) is 20.9. The van der Waals surface area contributed by atoms with Crippen LogP contribution in [-0.2, 0) is 10.0 Å². The number of nitrogens with one attached hydrogen (secondary N) is 8. The van der Waals surface area contributed by atoms with Crippen molar-refractivity contribution in [1.29, 1.82) is 0 Å². The lowest BCUT2D eigenvalue weighted by molar-refractivity contribution is 0.0799. The molecule has 40 nitrogen and oxygen atoms in total. The molecule has 0 aromatic carbocycles. The number of thiocarbonyl (C=S) groups is 6. The number of hydrogen-bond donors (Lipinski definition) is 8. The molecule has 792 valence electrons. The third-order valence-corrected chi connectivity index (χ3v) is 30.0. The lowest BCUT2D eigenvalue weighted by Gasteiger charge is -2.44. The molecule has 2 unspecified atom stereocenters. The highest BCUT2D eigenvalue weighted by molar-refractivity contribution is 7.88. The number of ether oxygens (including phenoxy) is 6. The molecule has 4 atom stereocenters. The first-order chi connectivity index (χ1) is 72.1. The number of sulfonamides is 1. The van der Waals surface area contributed by atoms with Crippen LogP contribution in [0.15, 0.2) is 153 Å². The molecule has 7 fully saturated rings. The minimum absolute atomic E-state index is 0.416. The van der Waals surface area contributed by atoms with E-state index in [1.165, 1.54) is 42.1 Å². The predicted molar refractivity (Wildman–Crippen MR) is 606 cm³/mol. The Morgan fingerprint density at radius 3 is 1.02 bits per heavy atom. The summed E-state index contributed by atoms with van der Waals surface area (Å²) in [6, 6.07) is 23.9. The number of hydrogen-bond acceptors (Lipinski definition) is 33. The Bertz CT molecular complexity index is 6220. The zero-order valence-corrected chi connectivity index (χ0v) is 91.9. The number of anilines is 2. The molecule has 8 aromatic rings. The summed E-state index contributed by atoms with van der Waals surface area (Å²) >= 11 is 33.0. The summed E-state index contributed by atoms with van der Waals surface area (Å²) in [5.74, 6) is 5.74. The first-order valence-electron chi connectivity index (χ1n) is 50.9. The summed E-state index contributed by atoms with van der Waals surface area (Å²) in [6.45, 7) is 39.9. The van der Waals surface area contributed by atoms with Crippen molar-refractivity contribution in [3.05, 3.63) is 190 Å². The van der Waals surface area contributed by atoms with E-state index in [1.807, 2.05) is 163 Å². The summed E-state index contributed by atoms with van der Waals surface area (Å²) in [5.41, 5.74) is 35.8. The van der Waals surface area contributed by atoms with Crippen molar-refractivity contribution < 1.29 is 36.8 Å². The molecule has 0 saturated carbocycles. The summed E-state index contributed by atoms with van der Waals surface area (Å²) in [4.78, 5) is 55.2. The van der Waals surface area contributed by atoms with Crippen molar-refractivity contribution in [2.75, 3.05) is 193 Å². The summed E-state index contributed by atoms with van der Waals surface area (Å²) in [5, 5.41) is 37.7. The summed E-state index contributed by atoms with van der Waals surface area (Å²) in [6.07, 6.45) is 25.9. The van der Waals surface area contributed by atoms with Crippen LogP contribution in [0, 0.1) is 41.5 Å². The van der Waals surface area contributed by atoms with Crippen LogP contribution in [-0.4, -0.2) is 359 Å². The van der Waals surface area contributed by atoms with Crippen LogP contribution in [0.3, 0.4) is 0 Å². The Kier molecular flexibility index (Phi) is 38.7. The molecule has 13 aliphatic rings. The lowest BCUT2D eigenvalue weighted by Crippen LogP contribution is -2.57. The zero-order valence-electron chi connectivity index (χ0n) is 86.2. The molecule has 8 N–H and O–H groups in total. The van der Waals surface area contributed by atoms with Crippen molar-refractivity contribution >= 4 is 160 Å². The van der Waals surface area contributed by atoms with Gasteiger partial charge in [-0.05, 0) is 249 Å². The Morgan fingerprint density at radius 2 is 0.678 bits per heavy atom. The zero-order chi connectivity index (χ0) is 104. The molecule has 149 heavy (non-hydrogen) atoms. The highest BCUT2D eigenvalue weighted by Crippen LogP contribution is 2.32. The quantitative estimate of drug-likeness (QED) is 0.0494. The van der Waals surface area contributed by atoms with Crippen LogP contribution in [0.25, 0.3) is 0 Å². The average Bonchev–Trinajstić information content (AvgIpc) is 0.831. The molecule has 8 aromatic heterocycles. The molecule has 0 aliphatic carbocycles. The molecule has 21 heterocycles. The second kappa shape index (κ2) is 52.8. The van der Waals surface area contributed by atoms with Gasteiger partial charge in [-0.3, -0.25) is 72.3 Å². The van der Waals surface area contributed by atoms with Gasteiger partial charge in [0.25, 0.3) is 0 Å². The minimum Gasteiger partial charge on any atom is -0.491 e. The normalized spacial score (nSPS) is 21.5. The van der Waals surface area contributed by atoms with Gasteiger partial charge in [0.05, 0.1) is 80.2 Å². The van der Waals surface area contributed by atoms with Crippen LogP contribution in [0.2, 0.25) is 0 Å². The molecular weight excluding hydrogens is 2030 g/mol. The SMILES string of the molecule is Cc1cnc2c(c1)OCC/C2=N/NC(=S)N1CCN(S(C)(=O)=O)CC1.Cc1cnc2c(c1)OCC/C2=N/NC(=S)N1CCN(c2ccccn2)CC1.Cc1cnc2c(c1)OCC/C2=N/NC(=S)N1CCN(c2ccncc2)CC1.Cc1cnc2c(c1)OCC/C2=N/NC(=S)N1CCN2CCCCC2C1.Cc1cnc2c(c1)OCC/C2=N/NC(=S)N1CCNC(C)C1.Cc1cnc2c(c1)OCC/C2=N/NC(=S)N1C[C@@H](C)N[C@@H](C)C1. The maximum atomic E-state index is 11.6. The Hall–Kier alpha value is -12.4. The number of aromatic nitrogens is 8. The monoisotopic (exact) mass is 2160 g/mol. The molecule has 7 saturated heterocycles. The number of hydrazone groups is 6. The van der Waals surface area contributed by atoms with Crippen LogP contribution in [0.5, 0.6) is 34.5 Å². The predicted octanol–water partition coefficient (Wildman–Crippen LogP) is 8.66. The van der Waals surface area contributed by atoms with Gasteiger partial charge in [-0.2, -0.15) is 34.9 Å². The smallest absolute Gasteiger partial charge is 0.211 e. The molecule has 21 rings (SSSR count). The number of rotatable bonds is 9. The van der Waals surface area contributed by atoms with E-state index in [9.17, 15) is 8.42 Å². The van der Waals surface area contributed by atoms with Gasteiger partial charge in [0.2, 0.25) is 10.0 Å². The third-order valence-electron chi connectivity index (χ3n) is 26.6. The van der Waals surface area contributed by atoms with Gasteiger partial charge in [0, 0.05) is 255 Å². The number of pyridine rings is 8. The van der Waals surface area contributed by atoms with Gasteiger partial charge in [-0.15, -0.1) is 0 Å². The van der Waals surface area contributed by atoms with Crippen LogP contribution < -0.4 is 81.4 Å². The first-order valence-corrected chi connectivity index (χ1v) is 55.2. The van der Waals surface area contributed by atoms with Crippen LogP contribution in [0.4, 0.5) is 11.5 Å². The van der Waals surface area contributed by atoms with Crippen molar-refractivity contribution in [3.63, 3.8) is 0 Å². The number of fused-ring (bicyclic) bond motifs is 7. The van der Waals surface area contributed by atoms with E-state index in [-0.39, 0.29) is 0 Å². The second-order valence-electron chi connectivity index (χ2n) is 38.4. The summed E-state index contributed by atoms with van der Waals surface area (Å²) < 4.78 is 58.6. The number of nitrogens with zero attached hydrogens (tertiary/aromatic N) is 24. The third kappa shape index (κ3) is 30.5. The van der Waals surface area contributed by atoms with Gasteiger partial charge in [-0.1, -0.05) is 12.5 Å². The topological polar surface area (TPSA) is 395 Å². The molecule has 0 radical (unpaired) electrons. The van der Waals surface area contributed by atoms with Crippen molar-refractivity contribution in [2.45, 2.75) is 144 Å². The van der Waals surface area contributed by atoms with E-state index in [0.717, 1.165) is 271 Å². The van der Waals surface area contributed by atoms with E-state index in [1.54, 1.807) is 6.20 Å². The maximum Gasteiger partial charge on any atom is 0.211 e. The molecule has 13 aliphatic heterocycles. The van der Waals surface area contributed by atoms with E-state index < -0.39 is 10.0 Å². The van der Waals surface area contributed by atoms with Gasteiger partial charge in [-0.25, -0.2) is 13.4 Å². The fraction of sp³-hybridized carbons (Fsp3) is 0.490. The molecule has 0 amide bonds. The van der Waals surface area contributed by atoms with Crippen molar-refractivity contribution in [1.82, 2.24) is 122 Å². The maximum absolute atomic E-state index is 11.6. The van der Waals surface area contributed by atoms with Gasteiger partial charge in [0.15, 0.2) is 30.7 Å². The van der Waals surface area contributed by atoms with Gasteiger partial charge >= 0.3 is 0 Å². The number of aryl methyl sites for hydroxylation is 6. The second-order valence-corrected chi connectivity index (χ2v) is 42.7. The average molecular weight is 2160 g/mol. The molecule has 0 spiro atoms. The molecule has 0 bridgehead atoms. The standard InChI is InChI=1S/2C19H22N6OS.C18H25N5OS.C16H23N5OS.C15H21N5O3S2.C15H21N5OS/c1-14-12-17-18(21-13-14)16(4-11-26-17)22-23-19(27)25-9-7-24(8-10-25)15-2-5-20-6-3-15;1-14-12-16-18(21-13-14)15(5-11-26-16)22-23-19(27)25-9-7-24(8-10-25)17-4-2-3-6-20-17;1-13-10-16-17(19-11-13)15(5-9-24-16)20-21-18(25)23-8-7-22-6-3-2-4-14(22)12-23;1-10-6-14-15(17-7-10)13(4-5-22-14)19-20-16(23)21-8-11(2)18-12(3)9-21;1-11-9-13-14(16-10-11)12(3-8-23-13)17-18-15(24)19-4-6-20(7-5-19)25(2,21)22;1-10-7-13-14(17-8-10)12(3-6-21-13)18-19-15(22)20-5-4-16-11(2)9-20/h2-3,5-6,12-13H,4,7-11H2,1H3,(H,23,27);2-4,6,12-13H,5,7-11H2,1H3,(H,23,27);10-11,14H,2-9,12H2,1H3,(H,21,25);6-7,11-12,18H,4-5,8-9H2,1-3H3,(H,20,23);9-10H,3-8H2,1-2H3,(H,18,24);7-8,11,16H,3-6,9H2,1-2H3,(H,19,22)/b22-16-;22-15-;20-15-;19-13-;17-12-;18-12-/t;;;11-,12+;;. The molecular formula is C102H134N32O8S7. The summed E-state index contributed by atoms with van der Waals surface area (Å²) in [7, 11) is -3.15. The van der Waals surface area contributed by atoms with Crippen LogP contribution >= 0.6 is 73.3 Å². The number of piperazine rings is 6. The van der Waals surface area contributed by atoms with E-state index >= 15 is 0 Å². The van der Waals surface area contributed by atoms with E-state index in [0.29, 0.717) is 135 Å². The van der Waals surface area contributed by atoms with Crippen molar-refractivity contribution in [3.8, 4) is 34.5 Å². The van der Waals surface area contributed by atoms with E-state index in [4.69, 9.17) is 102 Å². The Balaban J connectivity index is 0.000000128. The number of piperidine rings is 1. The van der Waals surface area contributed by atoms with Crippen molar-refractivity contribution in [2.24, 2.45) is 30.6 Å².